The van der Waals surface area contributed by atoms with Crippen LogP contribution in [0.15, 0.2) is 34.3 Å². The van der Waals surface area contributed by atoms with Gasteiger partial charge < -0.3 is 0 Å². The van der Waals surface area contributed by atoms with Crippen LogP contribution in [0, 0.1) is 6.92 Å². The summed E-state index contributed by atoms with van der Waals surface area (Å²) < 4.78 is 23.5. The Balaban J connectivity index is 2.91. The first-order chi connectivity index (χ1) is 7.45. The predicted molar refractivity (Wildman–Crippen MR) is 64.9 cm³/mol. The summed E-state index contributed by atoms with van der Waals surface area (Å²) in [6.07, 6.45) is 0.719. The highest BCUT2D eigenvalue weighted by Gasteiger charge is 2.11. The van der Waals surface area contributed by atoms with Crippen LogP contribution in [-0.4, -0.2) is 14.1 Å². The summed E-state index contributed by atoms with van der Waals surface area (Å²) in [5, 5.41) is 3.79. The molecule has 0 aliphatic carbocycles. The molecule has 88 valence electrons. The second kappa shape index (κ2) is 5.12. The number of benzene rings is 1. The third-order valence-corrected chi connectivity index (χ3v) is 3.42. The van der Waals surface area contributed by atoms with Gasteiger partial charge in [0, 0.05) is 5.71 Å². The summed E-state index contributed by atoms with van der Waals surface area (Å²) in [6, 6.07) is 6.64. The number of sulfonamides is 1. The Hall–Kier alpha value is -1.36. The topological polar surface area (TPSA) is 58.5 Å². The van der Waals surface area contributed by atoms with E-state index in [-0.39, 0.29) is 4.90 Å². The van der Waals surface area contributed by atoms with Crippen molar-refractivity contribution >= 4 is 15.7 Å². The Labute approximate surface area is 96.4 Å². The molecule has 5 heteroatoms. The van der Waals surface area contributed by atoms with E-state index < -0.39 is 10.0 Å². The Morgan fingerprint density at radius 3 is 2.38 bits per heavy atom. The summed E-state index contributed by atoms with van der Waals surface area (Å²) in [7, 11) is -3.52. The van der Waals surface area contributed by atoms with E-state index in [9.17, 15) is 8.42 Å². The first-order valence-electron chi connectivity index (χ1n) is 5.07. The predicted octanol–water partition coefficient (Wildman–Crippen LogP) is 2.06. The van der Waals surface area contributed by atoms with Crippen molar-refractivity contribution in [3.05, 3.63) is 29.8 Å². The fourth-order valence-corrected chi connectivity index (χ4v) is 1.86. The van der Waals surface area contributed by atoms with Crippen molar-refractivity contribution in [2.45, 2.75) is 32.1 Å². The van der Waals surface area contributed by atoms with Crippen molar-refractivity contribution in [2.24, 2.45) is 5.10 Å². The van der Waals surface area contributed by atoms with Gasteiger partial charge in [0.2, 0.25) is 0 Å². The molecular weight excluding hydrogens is 224 g/mol. The van der Waals surface area contributed by atoms with E-state index >= 15 is 0 Å². The highest BCUT2D eigenvalue weighted by atomic mass is 32.2. The van der Waals surface area contributed by atoms with Gasteiger partial charge in [-0.1, -0.05) is 24.6 Å². The Morgan fingerprint density at radius 1 is 1.31 bits per heavy atom. The van der Waals surface area contributed by atoms with Crippen molar-refractivity contribution in [2.75, 3.05) is 0 Å². The molecule has 0 radical (unpaired) electrons. The standard InChI is InChI=1S/C11H16N2O2S/c1-4-10(3)12-13-16(14,15)11-7-5-9(2)6-8-11/h5-8,13H,4H2,1-3H3/b12-10-. The van der Waals surface area contributed by atoms with Crippen molar-refractivity contribution < 1.29 is 8.42 Å². The third kappa shape index (κ3) is 3.34. The normalized spacial score (nSPS) is 12.6. The summed E-state index contributed by atoms with van der Waals surface area (Å²) in [6.45, 7) is 5.60. The van der Waals surface area contributed by atoms with E-state index in [1.165, 1.54) is 0 Å². The first kappa shape index (κ1) is 12.7. The lowest BCUT2D eigenvalue weighted by molar-refractivity contribution is 0.584. The molecule has 1 aromatic carbocycles. The van der Waals surface area contributed by atoms with Crippen molar-refractivity contribution in [1.29, 1.82) is 0 Å². The van der Waals surface area contributed by atoms with Crippen LogP contribution in [0.5, 0.6) is 0 Å². The molecule has 0 saturated heterocycles. The number of nitrogens with one attached hydrogen (secondary N) is 1. The molecule has 0 spiro atoms. The summed E-state index contributed by atoms with van der Waals surface area (Å²) >= 11 is 0. The number of aryl methyl sites for hydroxylation is 1. The second-order valence-electron chi connectivity index (χ2n) is 3.61. The monoisotopic (exact) mass is 240 g/mol. The average Bonchev–Trinajstić information content (AvgIpc) is 2.26. The molecule has 4 nitrogen and oxygen atoms in total. The van der Waals surface area contributed by atoms with Crippen LogP contribution in [0.3, 0.4) is 0 Å². The minimum Gasteiger partial charge on any atom is -0.200 e. The van der Waals surface area contributed by atoms with E-state index in [4.69, 9.17) is 0 Å². The van der Waals surface area contributed by atoms with Crippen LogP contribution in [0.1, 0.15) is 25.8 Å². The number of hydrogen-bond donors (Lipinski definition) is 1. The van der Waals surface area contributed by atoms with Crippen molar-refractivity contribution in [3.8, 4) is 0 Å². The fourth-order valence-electron chi connectivity index (χ4n) is 0.987. The minimum absolute atomic E-state index is 0.228. The third-order valence-electron chi connectivity index (χ3n) is 2.20. The van der Waals surface area contributed by atoms with Gasteiger partial charge >= 0.3 is 0 Å². The van der Waals surface area contributed by atoms with Gasteiger partial charge in [-0.25, -0.2) is 4.83 Å². The number of hydrazone groups is 1. The number of nitrogens with zero attached hydrogens (tertiary/aromatic N) is 1. The number of rotatable bonds is 4. The molecule has 1 rings (SSSR count). The summed E-state index contributed by atoms with van der Waals surface area (Å²) in [5.74, 6) is 0. The smallest absolute Gasteiger partial charge is 0.200 e. The molecule has 0 atom stereocenters. The van der Waals surface area contributed by atoms with Gasteiger partial charge in [0.1, 0.15) is 0 Å². The summed E-state index contributed by atoms with van der Waals surface area (Å²) in [4.78, 5) is 2.43. The van der Waals surface area contributed by atoms with Gasteiger partial charge in [-0.15, -0.1) is 0 Å². The SMILES string of the molecule is CC/C(C)=N\NS(=O)(=O)c1ccc(C)cc1. The largest absolute Gasteiger partial charge is 0.276 e. The molecule has 0 unspecified atom stereocenters. The van der Waals surface area contributed by atoms with E-state index in [0.29, 0.717) is 0 Å². The lowest BCUT2D eigenvalue weighted by Gasteiger charge is -2.04. The zero-order valence-electron chi connectivity index (χ0n) is 9.69. The van der Waals surface area contributed by atoms with Crippen LogP contribution in [0.25, 0.3) is 0 Å². The molecule has 0 saturated carbocycles. The second-order valence-corrected chi connectivity index (χ2v) is 5.27. The van der Waals surface area contributed by atoms with E-state index in [1.807, 2.05) is 13.8 Å². The van der Waals surface area contributed by atoms with Gasteiger partial charge in [-0.3, -0.25) is 0 Å². The van der Waals surface area contributed by atoms with Crippen LogP contribution in [-0.2, 0) is 10.0 Å². The number of hydrogen-bond acceptors (Lipinski definition) is 3. The zero-order chi connectivity index (χ0) is 12.2. The molecule has 0 aliphatic rings. The molecular formula is C11H16N2O2S. The molecule has 1 N–H and O–H groups in total. The van der Waals surface area contributed by atoms with Crippen LogP contribution in [0.2, 0.25) is 0 Å². The highest BCUT2D eigenvalue weighted by molar-refractivity contribution is 7.89. The van der Waals surface area contributed by atoms with Gasteiger partial charge in [0.25, 0.3) is 10.0 Å². The van der Waals surface area contributed by atoms with Crippen molar-refractivity contribution in [3.63, 3.8) is 0 Å². The Kier molecular flexibility index (Phi) is 4.06. The maximum Gasteiger partial charge on any atom is 0.276 e. The minimum atomic E-state index is -3.52. The highest BCUT2D eigenvalue weighted by Crippen LogP contribution is 2.09. The first-order valence-corrected chi connectivity index (χ1v) is 6.55. The lowest BCUT2D eigenvalue weighted by atomic mass is 10.2. The molecule has 1 aromatic rings. The van der Waals surface area contributed by atoms with E-state index in [2.05, 4.69) is 9.93 Å². The van der Waals surface area contributed by atoms with E-state index in [1.54, 1.807) is 31.2 Å². The maximum absolute atomic E-state index is 11.7. The van der Waals surface area contributed by atoms with Gasteiger partial charge in [-0.05, 0) is 32.4 Å². The fraction of sp³-hybridized carbons (Fsp3) is 0.364. The van der Waals surface area contributed by atoms with Gasteiger partial charge in [0.15, 0.2) is 0 Å². The Bertz CT molecular complexity index is 475. The van der Waals surface area contributed by atoms with Crippen LogP contribution < -0.4 is 4.83 Å². The van der Waals surface area contributed by atoms with E-state index in [0.717, 1.165) is 17.7 Å². The van der Waals surface area contributed by atoms with Crippen LogP contribution >= 0.6 is 0 Å². The molecule has 0 amide bonds. The molecule has 0 heterocycles. The zero-order valence-corrected chi connectivity index (χ0v) is 10.5. The molecule has 0 aromatic heterocycles. The maximum atomic E-state index is 11.7. The van der Waals surface area contributed by atoms with Crippen molar-refractivity contribution in [1.82, 2.24) is 4.83 Å². The molecule has 16 heavy (non-hydrogen) atoms. The lowest BCUT2D eigenvalue weighted by Crippen LogP contribution is -2.19. The average molecular weight is 240 g/mol. The van der Waals surface area contributed by atoms with Crippen LogP contribution in [0.4, 0.5) is 0 Å². The quantitative estimate of drug-likeness (QED) is 0.647. The molecule has 0 fully saturated rings. The Morgan fingerprint density at radius 2 is 1.88 bits per heavy atom. The van der Waals surface area contributed by atoms with Gasteiger partial charge in [-0.2, -0.15) is 13.5 Å². The summed E-state index contributed by atoms with van der Waals surface area (Å²) in [5.41, 5.74) is 1.77. The van der Waals surface area contributed by atoms with Gasteiger partial charge in [0.05, 0.1) is 4.90 Å². The molecule has 0 bridgehead atoms. The molecule has 0 aliphatic heterocycles.